The SMILES string of the molecule is CC(=O)N1Cc2nc(C(=O)NCC(=O)N(C)C)oc2C1. The third-order valence-electron chi connectivity index (χ3n) is 2.99. The van der Waals surface area contributed by atoms with Gasteiger partial charge in [-0.1, -0.05) is 0 Å². The van der Waals surface area contributed by atoms with Crippen molar-refractivity contribution in [2.45, 2.75) is 20.0 Å². The van der Waals surface area contributed by atoms with Crippen LogP contribution in [0, 0.1) is 0 Å². The Morgan fingerprint density at radius 2 is 2.05 bits per heavy atom. The van der Waals surface area contributed by atoms with Gasteiger partial charge in [0.2, 0.25) is 11.8 Å². The Morgan fingerprint density at radius 1 is 1.35 bits per heavy atom. The first-order valence-corrected chi connectivity index (χ1v) is 6.11. The molecule has 0 atom stereocenters. The maximum absolute atomic E-state index is 11.8. The zero-order valence-electron chi connectivity index (χ0n) is 11.6. The normalized spacial score (nSPS) is 13.1. The van der Waals surface area contributed by atoms with Crippen LogP contribution in [0.15, 0.2) is 4.42 Å². The summed E-state index contributed by atoms with van der Waals surface area (Å²) in [7, 11) is 3.20. The molecule has 2 heterocycles. The summed E-state index contributed by atoms with van der Waals surface area (Å²) in [6.45, 7) is 2.02. The number of likely N-dealkylation sites (N-methyl/N-ethyl adjacent to an activating group) is 1. The Balaban J connectivity index is 1.96. The summed E-state index contributed by atoms with van der Waals surface area (Å²) in [5.41, 5.74) is 0.587. The van der Waals surface area contributed by atoms with E-state index in [4.69, 9.17) is 4.42 Å². The number of aromatic nitrogens is 1. The molecule has 1 aromatic rings. The molecule has 0 bridgehead atoms. The van der Waals surface area contributed by atoms with Crippen LogP contribution in [0.4, 0.5) is 0 Å². The van der Waals surface area contributed by atoms with E-state index in [2.05, 4.69) is 10.3 Å². The van der Waals surface area contributed by atoms with Crippen molar-refractivity contribution in [3.05, 3.63) is 17.3 Å². The number of nitrogens with zero attached hydrogens (tertiary/aromatic N) is 3. The summed E-state index contributed by atoms with van der Waals surface area (Å²) in [6.07, 6.45) is 0. The molecule has 0 unspecified atom stereocenters. The Labute approximate surface area is 115 Å². The molecule has 3 amide bonds. The molecule has 1 aliphatic rings. The minimum absolute atomic E-state index is 0.0687. The molecule has 0 aliphatic carbocycles. The second kappa shape index (κ2) is 5.32. The number of hydrogen-bond acceptors (Lipinski definition) is 5. The van der Waals surface area contributed by atoms with Crippen molar-refractivity contribution in [2.24, 2.45) is 0 Å². The van der Waals surface area contributed by atoms with E-state index in [0.717, 1.165) is 0 Å². The molecule has 1 aliphatic heterocycles. The third-order valence-corrected chi connectivity index (χ3v) is 2.99. The van der Waals surface area contributed by atoms with E-state index in [1.54, 1.807) is 19.0 Å². The van der Waals surface area contributed by atoms with Crippen LogP contribution in [0.3, 0.4) is 0 Å². The van der Waals surface area contributed by atoms with Gasteiger partial charge < -0.3 is 19.5 Å². The predicted octanol–water partition coefficient (Wildman–Crippen LogP) is -0.645. The quantitative estimate of drug-likeness (QED) is 0.794. The molecule has 20 heavy (non-hydrogen) atoms. The summed E-state index contributed by atoms with van der Waals surface area (Å²) in [5, 5.41) is 2.44. The lowest BCUT2D eigenvalue weighted by Crippen LogP contribution is -2.36. The fourth-order valence-electron chi connectivity index (χ4n) is 1.75. The fourth-order valence-corrected chi connectivity index (χ4v) is 1.75. The van der Waals surface area contributed by atoms with Gasteiger partial charge in [-0.25, -0.2) is 4.98 Å². The van der Waals surface area contributed by atoms with Crippen LogP contribution < -0.4 is 5.32 Å². The number of oxazole rings is 1. The van der Waals surface area contributed by atoms with Gasteiger partial charge in [-0.15, -0.1) is 0 Å². The lowest BCUT2D eigenvalue weighted by Gasteiger charge is -2.11. The molecule has 0 spiro atoms. The van der Waals surface area contributed by atoms with Crippen LogP contribution in [0.5, 0.6) is 0 Å². The molecule has 8 heteroatoms. The van der Waals surface area contributed by atoms with Crippen molar-refractivity contribution in [3.63, 3.8) is 0 Å². The van der Waals surface area contributed by atoms with Gasteiger partial charge in [-0.2, -0.15) is 0 Å². The highest BCUT2D eigenvalue weighted by molar-refractivity contribution is 5.92. The maximum Gasteiger partial charge on any atom is 0.307 e. The van der Waals surface area contributed by atoms with Crippen molar-refractivity contribution >= 4 is 17.7 Å². The molecule has 8 nitrogen and oxygen atoms in total. The van der Waals surface area contributed by atoms with Crippen LogP contribution in [-0.4, -0.2) is 53.1 Å². The van der Waals surface area contributed by atoms with Gasteiger partial charge >= 0.3 is 5.91 Å². The highest BCUT2D eigenvalue weighted by Crippen LogP contribution is 2.23. The largest absolute Gasteiger partial charge is 0.435 e. The van der Waals surface area contributed by atoms with Crippen molar-refractivity contribution in [1.29, 1.82) is 0 Å². The Kier molecular flexibility index (Phi) is 3.73. The lowest BCUT2D eigenvalue weighted by atomic mass is 10.4. The number of amides is 3. The first kappa shape index (κ1) is 14.0. The standard InChI is InChI=1S/C12H16N4O4/c1-7(17)16-5-8-9(6-16)20-12(14-8)11(19)13-4-10(18)15(2)3/h4-6H2,1-3H3,(H,13,19). The Bertz CT molecular complexity index is 540. The zero-order chi connectivity index (χ0) is 14.9. The average Bonchev–Trinajstić information content (AvgIpc) is 2.92. The average molecular weight is 280 g/mol. The smallest absolute Gasteiger partial charge is 0.307 e. The second-order valence-corrected chi connectivity index (χ2v) is 4.73. The Hall–Kier alpha value is -2.38. The molecule has 0 fully saturated rings. The van der Waals surface area contributed by atoms with E-state index >= 15 is 0 Å². The summed E-state index contributed by atoms with van der Waals surface area (Å²) < 4.78 is 5.32. The molecule has 0 aromatic carbocycles. The third kappa shape index (κ3) is 2.79. The number of carbonyl (C=O) groups is 3. The molecular weight excluding hydrogens is 264 g/mol. The zero-order valence-corrected chi connectivity index (χ0v) is 11.6. The van der Waals surface area contributed by atoms with Gasteiger partial charge in [0.25, 0.3) is 5.89 Å². The van der Waals surface area contributed by atoms with E-state index in [1.165, 1.54) is 11.8 Å². The van der Waals surface area contributed by atoms with Gasteiger partial charge in [0, 0.05) is 21.0 Å². The monoisotopic (exact) mass is 280 g/mol. The fraction of sp³-hybridized carbons (Fsp3) is 0.500. The lowest BCUT2D eigenvalue weighted by molar-refractivity contribution is -0.129. The van der Waals surface area contributed by atoms with Crippen molar-refractivity contribution in [2.75, 3.05) is 20.6 Å². The van der Waals surface area contributed by atoms with E-state index < -0.39 is 5.91 Å². The van der Waals surface area contributed by atoms with Crippen molar-refractivity contribution in [3.8, 4) is 0 Å². The number of carbonyl (C=O) groups excluding carboxylic acids is 3. The van der Waals surface area contributed by atoms with Crippen LogP contribution in [0.2, 0.25) is 0 Å². The summed E-state index contributed by atoms with van der Waals surface area (Å²) in [4.78, 5) is 41.3. The van der Waals surface area contributed by atoms with E-state index in [0.29, 0.717) is 24.5 Å². The summed E-state index contributed by atoms with van der Waals surface area (Å²) >= 11 is 0. The first-order valence-electron chi connectivity index (χ1n) is 6.11. The minimum atomic E-state index is -0.538. The molecule has 1 aromatic heterocycles. The number of hydrogen-bond donors (Lipinski definition) is 1. The Morgan fingerprint density at radius 3 is 2.60 bits per heavy atom. The number of nitrogens with one attached hydrogen (secondary N) is 1. The van der Waals surface area contributed by atoms with Crippen LogP contribution in [0.25, 0.3) is 0 Å². The molecule has 108 valence electrons. The van der Waals surface area contributed by atoms with Gasteiger partial charge in [0.1, 0.15) is 11.5 Å². The van der Waals surface area contributed by atoms with Crippen molar-refractivity contribution < 1.29 is 18.8 Å². The molecule has 0 saturated carbocycles. The van der Waals surface area contributed by atoms with E-state index in [9.17, 15) is 14.4 Å². The molecule has 2 rings (SSSR count). The second-order valence-electron chi connectivity index (χ2n) is 4.73. The highest BCUT2D eigenvalue weighted by Gasteiger charge is 2.28. The molecular formula is C12H16N4O4. The van der Waals surface area contributed by atoms with Crippen LogP contribution in [0.1, 0.15) is 29.1 Å². The van der Waals surface area contributed by atoms with E-state index in [1.807, 2.05) is 0 Å². The van der Waals surface area contributed by atoms with Gasteiger partial charge in [0.15, 0.2) is 0 Å². The van der Waals surface area contributed by atoms with E-state index in [-0.39, 0.29) is 24.2 Å². The van der Waals surface area contributed by atoms with Crippen molar-refractivity contribution in [1.82, 2.24) is 20.1 Å². The number of rotatable bonds is 3. The topological polar surface area (TPSA) is 95.8 Å². The van der Waals surface area contributed by atoms with Gasteiger partial charge in [-0.3, -0.25) is 14.4 Å². The van der Waals surface area contributed by atoms with Crippen LogP contribution in [-0.2, 0) is 22.7 Å². The maximum atomic E-state index is 11.8. The van der Waals surface area contributed by atoms with Crippen LogP contribution >= 0.6 is 0 Å². The molecule has 1 N–H and O–H groups in total. The minimum Gasteiger partial charge on any atom is -0.435 e. The number of fused-ring (bicyclic) bond motifs is 1. The van der Waals surface area contributed by atoms with Gasteiger partial charge in [-0.05, 0) is 0 Å². The van der Waals surface area contributed by atoms with Gasteiger partial charge in [0.05, 0.1) is 19.6 Å². The molecule has 0 saturated heterocycles. The molecule has 0 radical (unpaired) electrons. The highest BCUT2D eigenvalue weighted by atomic mass is 16.4. The first-order chi connectivity index (χ1) is 9.38. The summed E-state index contributed by atoms with van der Waals surface area (Å²) in [6, 6.07) is 0. The summed E-state index contributed by atoms with van der Waals surface area (Å²) in [5.74, 6) is -0.390. The predicted molar refractivity (Wildman–Crippen MR) is 67.5 cm³/mol.